The van der Waals surface area contributed by atoms with Gasteiger partial charge in [-0.15, -0.1) is 0 Å². The number of likely N-dealkylation sites (tertiary alicyclic amines) is 1. The molecule has 1 heterocycles. The Bertz CT molecular complexity index is 820. The molecule has 0 aromatic heterocycles. The minimum Gasteiger partial charge on any atom is -0.497 e. The normalized spacial score (nSPS) is 17.0. The molecule has 1 fully saturated rings. The second-order valence-electron chi connectivity index (χ2n) is 7.26. The van der Waals surface area contributed by atoms with Crippen LogP contribution in [-0.4, -0.2) is 43.5 Å². The summed E-state index contributed by atoms with van der Waals surface area (Å²) in [5, 5.41) is 5.75. The lowest BCUT2D eigenvalue weighted by Crippen LogP contribution is -2.39. The van der Waals surface area contributed by atoms with Gasteiger partial charge in [-0.2, -0.15) is 0 Å². The van der Waals surface area contributed by atoms with Crippen LogP contribution in [0.2, 0.25) is 0 Å². The largest absolute Gasteiger partial charge is 0.497 e. The summed E-state index contributed by atoms with van der Waals surface area (Å²) < 4.78 is 5.13. The van der Waals surface area contributed by atoms with Crippen molar-refractivity contribution < 1.29 is 14.3 Å². The lowest BCUT2D eigenvalue weighted by atomic mass is 10.0. The van der Waals surface area contributed by atoms with Crippen LogP contribution in [0.1, 0.15) is 30.1 Å². The maximum Gasteiger partial charge on any atom is 0.257 e. The van der Waals surface area contributed by atoms with E-state index in [-0.39, 0.29) is 11.8 Å². The average Bonchev–Trinajstić information content (AvgIpc) is 2.69. The first-order chi connectivity index (χ1) is 13.5. The number of benzene rings is 2. The molecule has 2 N–H and O–H groups in total. The summed E-state index contributed by atoms with van der Waals surface area (Å²) in [6.45, 7) is 4.44. The fraction of sp³-hybridized carbons (Fsp3) is 0.364. The topological polar surface area (TPSA) is 70.7 Å². The van der Waals surface area contributed by atoms with Crippen LogP contribution in [0.3, 0.4) is 0 Å². The van der Waals surface area contributed by atoms with Gasteiger partial charge in [-0.3, -0.25) is 14.5 Å². The molecule has 6 nitrogen and oxygen atoms in total. The Hall–Kier alpha value is -2.86. The molecule has 3 rings (SSSR count). The quantitative estimate of drug-likeness (QED) is 0.802. The van der Waals surface area contributed by atoms with E-state index in [0.717, 1.165) is 25.3 Å². The first-order valence-corrected chi connectivity index (χ1v) is 9.62. The van der Waals surface area contributed by atoms with Crippen molar-refractivity contribution in [2.24, 2.45) is 5.92 Å². The van der Waals surface area contributed by atoms with Gasteiger partial charge in [0, 0.05) is 12.2 Å². The minimum absolute atomic E-state index is 0.0983. The number of hydrogen-bond acceptors (Lipinski definition) is 4. The van der Waals surface area contributed by atoms with E-state index in [1.165, 1.54) is 6.42 Å². The van der Waals surface area contributed by atoms with Crippen molar-refractivity contribution >= 4 is 23.2 Å². The van der Waals surface area contributed by atoms with Gasteiger partial charge in [-0.05, 0) is 61.7 Å². The second-order valence-corrected chi connectivity index (χ2v) is 7.26. The first kappa shape index (κ1) is 19.9. The number of carbonyl (C=O) groups is 2. The number of anilines is 2. The summed E-state index contributed by atoms with van der Waals surface area (Å²) in [4.78, 5) is 27.4. The van der Waals surface area contributed by atoms with Gasteiger partial charge in [0.1, 0.15) is 5.75 Å². The zero-order valence-corrected chi connectivity index (χ0v) is 16.4. The number of nitrogens with one attached hydrogen (secondary N) is 2. The highest BCUT2D eigenvalue weighted by molar-refractivity contribution is 6.10. The number of hydrogen-bond donors (Lipinski definition) is 2. The molecule has 28 heavy (non-hydrogen) atoms. The highest BCUT2D eigenvalue weighted by Crippen LogP contribution is 2.20. The zero-order valence-electron chi connectivity index (χ0n) is 16.4. The summed E-state index contributed by atoms with van der Waals surface area (Å²) in [7, 11) is 1.59. The van der Waals surface area contributed by atoms with Gasteiger partial charge in [0.15, 0.2) is 0 Å². The number of nitrogens with zero attached hydrogens (tertiary/aromatic N) is 1. The average molecular weight is 381 g/mol. The fourth-order valence-corrected chi connectivity index (χ4v) is 3.49. The van der Waals surface area contributed by atoms with Gasteiger partial charge in [-0.25, -0.2) is 0 Å². The van der Waals surface area contributed by atoms with E-state index < -0.39 is 0 Å². The minimum atomic E-state index is -0.271. The SMILES string of the molecule is COc1ccc(NC(=O)c2ccccc2NC(=O)CN2CCC[C@H](C)C2)cc1. The Balaban J connectivity index is 1.64. The van der Waals surface area contributed by atoms with Crippen molar-refractivity contribution in [2.45, 2.75) is 19.8 Å². The number of piperidine rings is 1. The molecule has 0 saturated carbocycles. The van der Waals surface area contributed by atoms with Crippen LogP contribution in [0.5, 0.6) is 5.75 Å². The maximum absolute atomic E-state index is 12.7. The molecule has 0 spiro atoms. The van der Waals surface area contributed by atoms with Crippen molar-refractivity contribution in [2.75, 3.05) is 37.4 Å². The van der Waals surface area contributed by atoms with Crippen molar-refractivity contribution in [1.29, 1.82) is 0 Å². The number of rotatable bonds is 6. The number of carbonyl (C=O) groups excluding carboxylic acids is 2. The monoisotopic (exact) mass is 381 g/mol. The smallest absolute Gasteiger partial charge is 0.257 e. The molecule has 0 aliphatic carbocycles. The predicted octanol–water partition coefficient (Wildman–Crippen LogP) is 3.62. The fourth-order valence-electron chi connectivity index (χ4n) is 3.49. The van der Waals surface area contributed by atoms with Crippen LogP contribution >= 0.6 is 0 Å². The third-order valence-corrected chi connectivity index (χ3v) is 4.90. The van der Waals surface area contributed by atoms with Gasteiger partial charge in [-0.1, -0.05) is 19.1 Å². The predicted molar refractivity (Wildman–Crippen MR) is 111 cm³/mol. The van der Waals surface area contributed by atoms with Crippen LogP contribution in [0.4, 0.5) is 11.4 Å². The van der Waals surface area contributed by atoms with Gasteiger partial charge >= 0.3 is 0 Å². The molecule has 2 aromatic rings. The van der Waals surface area contributed by atoms with E-state index in [0.29, 0.717) is 29.4 Å². The van der Waals surface area contributed by atoms with E-state index in [1.54, 1.807) is 49.6 Å². The van der Waals surface area contributed by atoms with Gasteiger partial charge < -0.3 is 15.4 Å². The van der Waals surface area contributed by atoms with Crippen molar-refractivity contribution in [3.05, 3.63) is 54.1 Å². The Morgan fingerprint density at radius 3 is 2.57 bits per heavy atom. The van der Waals surface area contributed by atoms with Gasteiger partial charge in [0.25, 0.3) is 5.91 Å². The van der Waals surface area contributed by atoms with E-state index >= 15 is 0 Å². The molecule has 1 saturated heterocycles. The summed E-state index contributed by atoms with van der Waals surface area (Å²) >= 11 is 0. The molecular weight excluding hydrogens is 354 g/mol. The summed E-state index contributed by atoms with van der Waals surface area (Å²) in [6.07, 6.45) is 2.34. The third kappa shape index (κ3) is 5.33. The Labute approximate surface area is 165 Å². The molecule has 2 amide bonds. The lowest BCUT2D eigenvalue weighted by Gasteiger charge is -2.30. The first-order valence-electron chi connectivity index (χ1n) is 9.62. The lowest BCUT2D eigenvalue weighted by molar-refractivity contribution is -0.117. The molecule has 1 aliphatic heterocycles. The molecule has 0 unspecified atom stereocenters. The molecule has 0 bridgehead atoms. The van der Waals surface area contributed by atoms with Gasteiger partial charge in [0.2, 0.25) is 5.91 Å². The molecule has 1 atom stereocenters. The van der Waals surface area contributed by atoms with E-state index in [9.17, 15) is 9.59 Å². The van der Waals surface area contributed by atoms with Crippen LogP contribution in [-0.2, 0) is 4.79 Å². The van der Waals surface area contributed by atoms with Crippen LogP contribution in [0, 0.1) is 5.92 Å². The number of amides is 2. The molecule has 2 aromatic carbocycles. The van der Waals surface area contributed by atoms with Crippen molar-refractivity contribution in [3.8, 4) is 5.75 Å². The van der Waals surface area contributed by atoms with E-state index in [1.807, 2.05) is 6.07 Å². The van der Waals surface area contributed by atoms with Crippen LogP contribution in [0.25, 0.3) is 0 Å². The van der Waals surface area contributed by atoms with E-state index in [2.05, 4.69) is 22.5 Å². The number of ether oxygens (including phenoxy) is 1. The Morgan fingerprint density at radius 2 is 1.86 bits per heavy atom. The second kappa shape index (κ2) is 9.37. The summed E-state index contributed by atoms with van der Waals surface area (Å²) in [5.74, 6) is 0.966. The third-order valence-electron chi connectivity index (χ3n) is 4.90. The highest BCUT2D eigenvalue weighted by atomic mass is 16.5. The Morgan fingerprint density at radius 1 is 1.11 bits per heavy atom. The zero-order chi connectivity index (χ0) is 19.9. The molecule has 148 valence electrons. The summed E-state index contributed by atoms with van der Waals surface area (Å²) in [6, 6.07) is 14.2. The molecular formula is C22H27N3O3. The van der Waals surface area contributed by atoms with E-state index in [4.69, 9.17) is 4.74 Å². The summed E-state index contributed by atoms with van der Waals surface area (Å²) in [5.41, 5.74) is 1.61. The standard InChI is InChI=1S/C22H27N3O3/c1-16-6-5-13-25(14-16)15-21(26)24-20-8-4-3-7-19(20)22(27)23-17-9-11-18(28-2)12-10-17/h3-4,7-12,16H,5-6,13-15H2,1-2H3,(H,23,27)(H,24,26)/t16-/m0/s1. The Kier molecular flexibility index (Phi) is 6.66. The van der Waals surface area contributed by atoms with Gasteiger partial charge in [0.05, 0.1) is 24.9 Å². The maximum atomic E-state index is 12.7. The van der Waals surface area contributed by atoms with Crippen LogP contribution < -0.4 is 15.4 Å². The van der Waals surface area contributed by atoms with Crippen molar-refractivity contribution in [1.82, 2.24) is 4.90 Å². The molecule has 6 heteroatoms. The molecule has 0 radical (unpaired) electrons. The number of para-hydroxylation sites is 1. The van der Waals surface area contributed by atoms with Crippen LogP contribution in [0.15, 0.2) is 48.5 Å². The molecule has 1 aliphatic rings. The highest BCUT2D eigenvalue weighted by Gasteiger charge is 2.19. The van der Waals surface area contributed by atoms with Crippen molar-refractivity contribution in [3.63, 3.8) is 0 Å². The number of methoxy groups -OCH3 is 1.